The Kier molecular flexibility index (Phi) is 7.56. The highest BCUT2D eigenvalue weighted by atomic mass is 32.2. The standard InChI is InChI=1S/C21H28N2O3S/c1-22(2)27(25,26)20-15-13-19(14-16-20)17-23(3)21(24)12-8-7-11-18-9-5-4-6-10-18/h4-6,9-10,13-16H,7-8,11-12,17H2,1-3H3. The maximum atomic E-state index is 12.3. The molecule has 0 bridgehead atoms. The van der Waals surface area contributed by atoms with Crippen LogP contribution in [-0.2, 0) is 27.8 Å². The molecule has 0 heterocycles. The average Bonchev–Trinajstić information content (AvgIpc) is 2.66. The first-order valence-corrected chi connectivity index (χ1v) is 10.5. The van der Waals surface area contributed by atoms with Gasteiger partial charge in [-0.3, -0.25) is 4.79 Å². The third-order valence-corrected chi connectivity index (χ3v) is 6.33. The zero-order valence-corrected chi connectivity index (χ0v) is 17.1. The lowest BCUT2D eigenvalue weighted by Gasteiger charge is -2.18. The van der Waals surface area contributed by atoms with Gasteiger partial charge in [0.25, 0.3) is 0 Å². The summed E-state index contributed by atoms with van der Waals surface area (Å²) in [6.07, 6.45) is 3.36. The Morgan fingerprint density at radius 3 is 2.07 bits per heavy atom. The number of benzene rings is 2. The van der Waals surface area contributed by atoms with Gasteiger partial charge in [0.15, 0.2) is 0 Å². The van der Waals surface area contributed by atoms with Crippen molar-refractivity contribution in [1.82, 2.24) is 9.21 Å². The Hall–Kier alpha value is -2.18. The van der Waals surface area contributed by atoms with Crippen molar-refractivity contribution in [3.63, 3.8) is 0 Å². The maximum Gasteiger partial charge on any atom is 0.242 e. The van der Waals surface area contributed by atoms with Crippen LogP contribution in [0.2, 0.25) is 0 Å². The lowest BCUT2D eigenvalue weighted by molar-refractivity contribution is -0.130. The van der Waals surface area contributed by atoms with E-state index >= 15 is 0 Å². The second-order valence-electron chi connectivity index (χ2n) is 6.87. The van der Waals surface area contributed by atoms with Crippen LogP contribution in [0.15, 0.2) is 59.5 Å². The average molecular weight is 389 g/mol. The predicted octanol–water partition coefficient (Wildman–Crippen LogP) is 3.31. The van der Waals surface area contributed by atoms with Crippen molar-refractivity contribution in [3.8, 4) is 0 Å². The summed E-state index contributed by atoms with van der Waals surface area (Å²) in [5, 5.41) is 0. The quantitative estimate of drug-likeness (QED) is 0.619. The van der Waals surface area contributed by atoms with Gasteiger partial charge in [0.1, 0.15) is 0 Å². The minimum Gasteiger partial charge on any atom is -0.341 e. The number of rotatable bonds is 9. The largest absolute Gasteiger partial charge is 0.341 e. The molecule has 2 aromatic rings. The summed E-state index contributed by atoms with van der Waals surface area (Å²) in [5.74, 6) is 0.105. The zero-order valence-electron chi connectivity index (χ0n) is 16.3. The second kappa shape index (κ2) is 9.67. The Labute approximate surface area is 162 Å². The molecule has 0 fully saturated rings. The van der Waals surface area contributed by atoms with E-state index in [1.807, 2.05) is 18.2 Å². The van der Waals surface area contributed by atoms with Gasteiger partial charge in [-0.2, -0.15) is 0 Å². The number of hydrogen-bond acceptors (Lipinski definition) is 3. The van der Waals surface area contributed by atoms with E-state index in [9.17, 15) is 13.2 Å². The summed E-state index contributed by atoms with van der Waals surface area (Å²) >= 11 is 0. The molecule has 27 heavy (non-hydrogen) atoms. The number of amides is 1. The van der Waals surface area contributed by atoms with Gasteiger partial charge in [-0.25, -0.2) is 12.7 Å². The molecule has 0 unspecified atom stereocenters. The molecule has 0 saturated carbocycles. The SMILES string of the molecule is CN(Cc1ccc(S(=O)(=O)N(C)C)cc1)C(=O)CCCCc1ccccc1. The van der Waals surface area contributed by atoms with Crippen LogP contribution >= 0.6 is 0 Å². The summed E-state index contributed by atoms with van der Waals surface area (Å²) < 4.78 is 25.4. The van der Waals surface area contributed by atoms with Crippen LogP contribution in [0.3, 0.4) is 0 Å². The number of unbranched alkanes of at least 4 members (excludes halogenated alkanes) is 1. The van der Waals surface area contributed by atoms with Crippen LogP contribution in [0.4, 0.5) is 0 Å². The molecule has 1 amide bonds. The fraction of sp³-hybridized carbons (Fsp3) is 0.381. The Morgan fingerprint density at radius 1 is 0.852 bits per heavy atom. The minimum absolute atomic E-state index is 0.105. The summed E-state index contributed by atoms with van der Waals surface area (Å²) in [6.45, 7) is 0.472. The summed E-state index contributed by atoms with van der Waals surface area (Å²) in [5.41, 5.74) is 2.21. The van der Waals surface area contributed by atoms with E-state index < -0.39 is 10.0 Å². The third-order valence-electron chi connectivity index (χ3n) is 4.50. The highest BCUT2D eigenvalue weighted by Gasteiger charge is 2.17. The molecule has 2 rings (SSSR count). The van der Waals surface area contributed by atoms with Crippen LogP contribution in [-0.4, -0.2) is 44.7 Å². The van der Waals surface area contributed by atoms with Gasteiger partial charge in [-0.05, 0) is 42.5 Å². The van der Waals surface area contributed by atoms with E-state index in [2.05, 4.69) is 12.1 Å². The fourth-order valence-electron chi connectivity index (χ4n) is 2.78. The summed E-state index contributed by atoms with van der Waals surface area (Å²) in [6, 6.07) is 17.0. The van der Waals surface area contributed by atoms with Crippen molar-refractivity contribution in [1.29, 1.82) is 0 Å². The van der Waals surface area contributed by atoms with Gasteiger partial charge in [0.2, 0.25) is 15.9 Å². The lowest BCUT2D eigenvalue weighted by Crippen LogP contribution is -2.26. The number of aryl methyl sites for hydroxylation is 1. The Morgan fingerprint density at radius 2 is 1.48 bits per heavy atom. The van der Waals surface area contributed by atoms with Gasteiger partial charge in [-0.1, -0.05) is 42.5 Å². The highest BCUT2D eigenvalue weighted by molar-refractivity contribution is 7.89. The van der Waals surface area contributed by atoms with Crippen LogP contribution in [0, 0.1) is 0 Å². The molecular formula is C21H28N2O3S. The highest BCUT2D eigenvalue weighted by Crippen LogP contribution is 2.15. The molecule has 0 aliphatic rings. The molecule has 0 aliphatic heterocycles. The van der Waals surface area contributed by atoms with E-state index in [-0.39, 0.29) is 10.8 Å². The fourth-order valence-corrected chi connectivity index (χ4v) is 3.68. The first-order chi connectivity index (χ1) is 12.8. The van der Waals surface area contributed by atoms with Crippen LogP contribution in [0.1, 0.15) is 30.4 Å². The van der Waals surface area contributed by atoms with Crippen molar-refractivity contribution in [2.45, 2.75) is 37.1 Å². The number of carbonyl (C=O) groups excluding carboxylic acids is 1. The zero-order chi connectivity index (χ0) is 19.9. The molecular weight excluding hydrogens is 360 g/mol. The van der Waals surface area contributed by atoms with Gasteiger partial charge >= 0.3 is 0 Å². The van der Waals surface area contributed by atoms with Gasteiger partial charge in [0, 0.05) is 34.1 Å². The number of hydrogen-bond donors (Lipinski definition) is 0. The number of sulfonamides is 1. The molecule has 0 saturated heterocycles. The smallest absolute Gasteiger partial charge is 0.242 e. The van der Waals surface area contributed by atoms with E-state index in [4.69, 9.17) is 0 Å². The first kappa shape index (κ1) is 21.1. The van der Waals surface area contributed by atoms with Crippen LogP contribution < -0.4 is 0 Å². The molecule has 2 aromatic carbocycles. The van der Waals surface area contributed by atoms with Crippen molar-refractivity contribution in [2.24, 2.45) is 0 Å². The molecule has 0 spiro atoms. The van der Waals surface area contributed by atoms with Crippen LogP contribution in [0.25, 0.3) is 0 Å². The number of carbonyl (C=O) groups is 1. The van der Waals surface area contributed by atoms with E-state index in [0.717, 1.165) is 24.8 Å². The Bertz CT molecular complexity index is 831. The van der Waals surface area contributed by atoms with Crippen LogP contribution in [0.5, 0.6) is 0 Å². The molecule has 0 N–H and O–H groups in total. The molecule has 146 valence electrons. The Balaban J connectivity index is 1.80. The molecule has 0 aromatic heterocycles. The van der Waals surface area contributed by atoms with Crippen molar-refractivity contribution < 1.29 is 13.2 Å². The summed E-state index contributed by atoms with van der Waals surface area (Å²) in [7, 11) is 1.37. The molecule has 5 nitrogen and oxygen atoms in total. The van der Waals surface area contributed by atoms with Crippen molar-refractivity contribution in [2.75, 3.05) is 21.1 Å². The van der Waals surface area contributed by atoms with E-state index in [1.54, 1.807) is 36.2 Å². The molecule has 0 aliphatic carbocycles. The van der Waals surface area contributed by atoms with Crippen molar-refractivity contribution >= 4 is 15.9 Å². The molecule has 0 radical (unpaired) electrons. The van der Waals surface area contributed by atoms with E-state index in [1.165, 1.54) is 24.0 Å². The second-order valence-corrected chi connectivity index (χ2v) is 9.03. The monoisotopic (exact) mass is 388 g/mol. The van der Waals surface area contributed by atoms with E-state index in [0.29, 0.717) is 13.0 Å². The molecule has 0 atom stereocenters. The van der Waals surface area contributed by atoms with Crippen molar-refractivity contribution in [3.05, 3.63) is 65.7 Å². The normalized spacial score (nSPS) is 11.6. The topological polar surface area (TPSA) is 57.7 Å². The maximum absolute atomic E-state index is 12.3. The van der Waals surface area contributed by atoms with Gasteiger partial charge in [0.05, 0.1) is 4.90 Å². The predicted molar refractivity (Wildman–Crippen MR) is 108 cm³/mol. The molecule has 6 heteroatoms. The van der Waals surface area contributed by atoms with Gasteiger partial charge < -0.3 is 4.90 Å². The first-order valence-electron chi connectivity index (χ1n) is 9.10. The van der Waals surface area contributed by atoms with Gasteiger partial charge in [-0.15, -0.1) is 0 Å². The minimum atomic E-state index is -3.42. The third kappa shape index (κ3) is 6.19. The lowest BCUT2D eigenvalue weighted by atomic mass is 10.1. The number of nitrogens with zero attached hydrogens (tertiary/aromatic N) is 2. The summed E-state index contributed by atoms with van der Waals surface area (Å²) in [4.78, 5) is 14.2.